The zero-order valence-electron chi connectivity index (χ0n) is 12.0. The van der Waals surface area contributed by atoms with Gasteiger partial charge in [0.25, 0.3) is 0 Å². The molecule has 2 aromatic heterocycles. The van der Waals surface area contributed by atoms with E-state index in [4.69, 9.17) is 0 Å². The summed E-state index contributed by atoms with van der Waals surface area (Å²) in [7, 11) is -1.52. The van der Waals surface area contributed by atoms with Crippen LogP contribution in [0.1, 0.15) is 15.6 Å². The SMILES string of the molecule is CNCCc1ccc(S(=O)(=O)NCCc2nc(C)cs2)s1. The van der Waals surface area contributed by atoms with Crippen molar-refractivity contribution >= 4 is 32.7 Å². The maximum Gasteiger partial charge on any atom is 0.250 e. The molecule has 0 unspecified atom stereocenters. The summed E-state index contributed by atoms with van der Waals surface area (Å²) in [6, 6.07) is 3.55. The zero-order chi connectivity index (χ0) is 15.3. The van der Waals surface area contributed by atoms with Crippen LogP contribution in [0.5, 0.6) is 0 Å². The molecule has 0 saturated heterocycles. The van der Waals surface area contributed by atoms with Crippen LogP contribution in [0.4, 0.5) is 0 Å². The Labute approximate surface area is 133 Å². The van der Waals surface area contributed by atoms with E-state index in [0.717, 1.165) is 28.5 Å². The number of aryl methyl sites for hydroxylation is 1. The van der Waals surface area contributed by atoms with Crippen molar-refractivity contribution in [3.05, 3.63) is 33.1 Å². The lowest BCUT2D eigenvalue weighted by molar-refractivity contribution is 0.583. The van der Waals surface area contributed by atoms with Crippen LogP contribution in [0.15, 0.2) is 21.7 Å². The second-order valence-corrected chi connectivity index (χ2v) is 8.71. The summed E-state index contributed by atoms with van der Waals surface area (Å²) in [6.45, 7) is 3.15. The number of rotatable bonds is 8. The van der Waals surface area contributed by atoms with Crippen molar-refractivity contribution in [1.82, 2.24) is 15.0 Å². The fourth-order valence-electron chi connectivity index (χ4n) is 1.77. The number of sulfonamides is 1. The molecular formula is C13H19N3O2S3. The molecule has 0 saturated carbocycles. The van der Waals surface area contributed by atoms with Crippen LogP contribution >= 0.6 is 22.7 Å². The molecule has 2 heterocycles. The Morgan fingerprint density at radius 1 is 1.24 bits per heavy atom. The number of nitrogens with one attached hydrogen (secondary N) is 2. The van der Waals surface area contributed by atoms with E-state index in [9.17, 15) is 8.42 Å². The second kappa shape index (κ2) is 7.46. The van der Waals surface area contributed by atoms with E-state index in [-0.39, 0.29) is 0 Å². The fraction of sp³-hybridized carbons (Fsp3) is 0.462. The smallest absolute Gasteiger partial charge is 0.250 e. The van der Waals surface area contributed by atoms with Crippen molar-refractivity contribution < 1.29 is 8.42 Å². The molecular weight excluding hydrogens is 326 g/mol. The molecule has 116 valence electrons. The van der Waals surface area contributed by atoms with Crippen LogP contribution in [-0.2, 0) is 22.9 Å². The van der Waals surface area contributed by atoms with Crippen LogP contribution in [0.3, 0.4) is 0 Å². The van der Waals surface area contributed by atoms with Crippen LogP contribution < -0.4 is 10.0 Å². The average molecular weight is 346 g/mol. The van der Waals surface area contributed by atoms with E-state index in [1.165, 1.54) is 11.3 Å². The minimum atomic E-state index is -3.40. The molecule has 2 aromatic rings. The minimum absolute atomic E-state index is 0.374. The highest BCUT2D eigenvalue weighted by Crippen LogP contribution is 2.21. The number of likely N-dealkylation sites (N-methyl/N-ethyl adjacent to an activating group) is 1. The molecule has 0 fully saturated rings. The summed E-state index contributed by atoms with van der Waals surface area (Å²) in [5.41, 5.74) is 0.977. The van der Waals surface area contributed by atoms with Gasteiger partial charge in [0.05, 0.1) is 5.01 Å². The van der Waals surface area contributed by atoms with Gasteiger partial charge in [-0.2, -0.15) is 0 Å². The molecule has 0 bridgehead atoms. The van der Waals surface area contributed by atoms with Gasteiger partial charge < -0.3 is 5.32 Å². The van der Waals surface area contributed by atoms with Gasteiger partial charge in [0.2, 0.25) is 10.0 Å². The Bertz CT molecular complexity index is 676. The van der Waals surface area contributed by atoms with E-state index in [1.807, 2.05) is 25.4 Å². The Balaban J connectivity index is 1.90. The molecule has 0 atom stereocenters. The van der Waals surface area contributed by atoms with Gasteiger partial charge in [-0.15, -0.1) is 22.7 Å². The van der Waals surface area contributed by atoms with Crippen molar-refractivity contribution in [2.75, 3.05) is 20.1 Å². The van der Waals surface area contributed by atoms with Crippen LogP contribution in [0.2, 0.25) is 0 Å². The van der Waals surface area contributed by atoms with E-state index < -0.39 is 10.0 Å². The molecule has 5 nitrogen and oxygen atoms in total. The third-order valence-electron chi connectivity index (χ3n) is 2.82. The normalized spacial score (nSPS) is 11.9. The summed E-state index contributed by atoms with van der Waals surface area (Å²) in [6.07, 6.45) is 1.46. The first-order chi connectivity index (χ1) is 10.0. The predicted octanol–water partition coefficient (Wildman–Crippen LogP) is 1.80. The number of hydrogen-bond acceptors (Lipinski definition) is 6. The summed E-state index contributed by atoms with van der Waals surface area (Å²) in [5, 5.41) is 5.98. The van der Waals surface area contributed by atoms with Crippen molar-refractivity contribution in [3.63, 3.8) is 0 Å². The summed E-state index contributed by atoms with van der Waals surface area (Å²) < 4.78 is 27.4. The van der Waals surface area contributed by atoms with Crippen molar-refractivity contribution in [2.24, 2.45) is 0 Å². The molecule has 2 N–H and O–H groups in total. The first-order valence-electron chi connectivity index (χ1n) is 6.65. The van der Waals surface area contributed by atoms with Gasteiger partial charge in [0.1, 0.15) is 4.21 Å². The maximum absolute atomic E-state index is 12.2. The number of aromatic nitrogens is 1. The average Bonchev–Trinajstić information content (AvgIpc) is 3.06. The number of nitrogens with zero attached hydrogens (tertiary/aromatic N) is 1. The first kappa shape index (κ1) is 16.6. The van der Waals surface area contributed by atoms with E-state index in [1.54, 1.807) is 17.4 Å². The van der Waals surface area contributed by atoms with E-state index in [0.29, 0.717) is 17.2 Å². The van der Waals surface area contributed by atoms with Gasteiger partial charge in [-0.3, -0.25) is 0 Å². The summed E-state index contributed by atoms with van der Waals surface area (Å²) in [4.78, 5) is 5.39. The Kier molecular flexibility index (Phi) is 5.88. The molecule has 0 spiro atoms. The highest BCUT2D eigenvalue weighted by molar-refractivity contribution is 7.91. The minimum Gasteiger partial charge on any atom is -0.319 e. The summed E-state index contributed by atoms with van der Waals surface area (Å²) in [5.74, 6) is 0. The van der Waals surface area contributed by atoms with Crippen LogP contribution in [-0.4, -0.2) is 33.5 Å². The summed E-state index contributed by atoms with van der Waals surface area (Å²) >= 11 is 2.89. The lowest BCUT2D eigenvalue weighted by Crippen LogP contribution is -2.25. The molecule has 0 amide bonds. The van der Waals surface area contributed by atoms with Gasteiger partial charge in [-0.1, -0.05) is 0 Å². The van der Waals surface area contributed by atoms with Crippen molar-refractivity contribution in [2.45, 2.75) is 24.0 Å². The lowest BCUT2D eigenvalue weighted by Gasteiger charge is -2.03. The molecule has 0 aliphatic carbocycles. The molecule has 0 aliphatic rings. The monoisotopic (exact) mass is 345 g/mol. The van der Waals surface area contributed by atoms with Crippen LogP contribution in [0, 0.1) is 6.92 Å². The van der Waals surface area contributed by atoms with Crippen molar-refractivity contribution in [1.29, 1.82) is 0 Å². The highest BCUT2D eigenvalue weighted by Gasteiger charge is 2.16. The zero-order valence-corrected chi connectivity index (χ0v) is 14.5. The van der Waals surface area contributed by atoms with Gasteiger partial charge in [0, 0.05) is 28.9 Å². The van der Waals surface area contributed by atoms with Gasteiger partial charge in [0.15, 0.2) is 0 Å². The first-order valence-corrected chi connectivity index (χ1v) is 9.83. The Morgan fingerprint density at radius 3 is 2.71 bits per heavy atom. The molecule has 0 aliphatic heterocycles. The topological polar surface area (TPSA) is 71.1 Å². The predicted molar refractivity (Wildman–Crippen MR) is 87.7 cm³/mol. The highest BCUT2D eigenvalue weighted by atomic mass is 32.2. The van der Waals surface area contributed by atoms with Crippen LogP contribution in [0.25, 0.3) is 0 Å². The van der Waals surface area contributed by atoms with Gasteiger partial charge >= 0.3 is 0 Å². The molecule has 8 heteroatoms. The van der Waals surface area contributed by atoms with E-state index >= 15 is 0 Å². The number of hydrogen-bond donors (Lipinski definition) is 2. The fourth-order valence-corrected chi connectivity index (χ4v) is 4.97. The van der Waals surface area contributed by atoms with E-state index in [2.05, 4.69) is 15.0 Å². The van der Waals surface area contributed by atoms with Gasteiger partial charge in [-0.25, -0.2) is 18.1 Å². The third kappa shape index (κ3) is 4.86. The van der Waals surface area contributed by atoms with Gasteiger partial charge in [-0.05, 0) is 39.1 Å². The largest absolute Gasteiger partial charge is 0.319 e. The molecule has 21 heavy (non-hydrogen) atoms. The molecule has 2 rings (SSSR count). The quantitative estimate of drug-likeness (QED) is 0.765. The second-order valence-electron chi connectivity index (χ2n) is 4.60. The third-order valence-corrected chi connectivity index (χ3v) is 6.95. The van der Waals surface area contributed by atoms with Crippen molar-refractivity contribution in [3.8, 4) is 0 Å². The number of thiophene rings is 1. The Morgan fingerprint density at radius 2 is 2.05 bits per heavy atom. The standard InChI is InChI=1S/C13H19N3O2S3/c1-10-9-19-12(16-10)6-8-15-21(17,18)13-4-3-11(20-13)5-7-14-2/h3-4,9,14-15H,5-8H2,1-2H3. The lowest BCUT2D eigenvalue weighted by atomic mass is 10.3. The Hall–Kier alpha value is -0.800. The molecule has 0 radical (unpaired) electrons. The number of thiazole rings is 1. The molecule has 0 aromatic carbocycles. The maximum atomic E-state index is 12.2.